The van der Waals surface area contributed by atoms with Crippen molar-refractivity contribution in [1.29, 1.82) is 0 Å². The largest absolute Gasteiger partial charge is 4.00 e. The molecule has 6 aromatic rings. The number of benzene rings is 4. The molecule has 6 aromatic carbocycles. The van der Waals surface area contributed by atoms with Gasteiger partial charge in [-0.2, -0.15) is 12.1 Å². The average molecular weight is 659 g/mol. The molecule has 0 unspecified atom stereocenters. The average Bonchev–Trinajstić information content (AvgIpc) is 3.58. The van der Waals surface area contributed by atoms with Crippen molar-refractivity contribution in [3.63, 3.8) is 0 Å². The van der Waals surface area contributed by atoms with Crippen molar-refractivity contribution in [1.82, 2.24) is 0 Å². The van der Waals surface area contributed by atoms with Crippen LogP contribution >= 0.6 is 0 Å². The van der Waals surface area contributed by atoms with Crippen LogP contribution < -0.4 is 24.8 Å². The quantitative estimate of drug-likeness (QED) is 0.195. The number of hydrogen-bond donors (Lipinski definition) is 0. The molecule has 0 bridgehead atoms. The molecule has 0 nitrogen and oxygen atoms in total. The maximum atomic E-state index is 2.32. The summed E-state index contributed by atoms with van der Waals surface area (Å²) < 4.78 is 0. The summed E-state index contributed by atoms with van der Waals surface area (Å²) in [5.74, 6) is 0. The van der Waals surface area contributed by atoms with E-state index in [4.69, 9.17) is 0 Å². The zero-order chi connectivity index (χ0) is 26.0. The Hall–Kier alpha value is -2.22. The summed E-state index contributed by atoms with van der Waals surface area (Å²) in [5.41, 5.74) is 8.11. The van der Waals surface area contributed by atoms with Gasteiger partial charge in [-0.3, -0.25) is 0 Å². The Morgan fingerprint density at radius 2 is 0.875 bits per heavy atom. The van der Waals surface area contributed by atoms with Gasteiger partial charge in [0.05, 0.1) is 0 Å². The van der Waals surface area contributed by atoms with Gasteiger partial charge in [0, 0.05) is 9.52 Å². The van der Waals surface area contributed by atoms with Gasteiger partial charge >= 0.3 is 26.2 Å². The fraction of sp³-hybridized carbons (Fsp3) is 0.167. The van der Waals surface area contributed by atoms with E-state index in [0.717, 1.165) is 22.4 Å². The van der Waals surface area contributed by atoms with E-state index in [2.05, 4.69) is 148 Å². The predicted octanol–water partition coefficient (Wildman–Crippen LogP) is 4.37. The molecule has 0 atom stereocenters. The molecule has 0 saturated carbocycles. The Morgan fingerprint density at radius 3 is 1.20 bits per heavy atom. The number of rotatable bonds is 4. The molecular weight excluding hydrogens is 623 g/mol. The summed E-state index contributed by atoms with van der Waals surface area (Å²) >= 11 is 0. The van der Waals surface area contributed by atoms with Crippen molar-refractivity contribution >= 4 is 31.1 Å². The SMILES string of the molecule is CCc1cc2c(-c3ccccc3)cccc2[cH-]1.CCc1cc2c(-c3ccccc3)cccc2[cH-]1.C[Si]C.[Cl-].[Cl-].[Zr+4]. The first-order valence-corrected chi connectivity index (χ1v) is 15.2. The molecule has 0 fully saturated rings. The van der Waals surface area contributed by atoms with Gasteiger partial charge in [-0.1, -0.05) is 111 Å². The normalized spacial score (nSPS) is 9.70. The van der Waals surface area contributed by atoms with Gasteiger partial charge in [0.15, 0.2) is 0 Å². The van der Waals surface area contributed by atoms with Crippen LogP contribution in [0.5, 0.6) is 0 Å². The van der Waals surface area contributed by atoms with E-state index >= 15 is 0 Å². The van der Waals surface area contributed by atoms with Crippen LogP contribution in [0.4, 0.5) is 0 Å². The first kappa shape index (κ1) is 35.8. The van der Waals surface area contributed by atoms with Gasteiger partial charge in [-0.25, -0.2) is 0 Å². The van der Waals surface area contributed by atoms with Gasteiger partial charge in [0.1, 0.15) is 0 Å². The first-order valence-electron chi connectivity index (χ1n) is 13.2. The Labute approximate surface area is 274 Å². The van der Waals surface area contributed by atoms with Crippen LogP contribution in [0.3, 0.4) is 0 Å². The molecule has 0 spiro atoms. The smallest absolute Gasteiger partial charge is 1.00 e. The summed E-state index contributed by atoms with van der Waals surface area (Å²) in [6.45, 7) is 8.72. The fourth-order valence-corrected chi connectivity index (χ4v) is 4.74. The Morgan fingerprint density at radius 1 is 0.525 bits per heavy atom. The molecule has 40 heavy (non-hydrogen) atoms. The summed E-state index contributed by atoms with van der Waals surface area (Å²) in [5, 5.41) is 5.44. The molecule has 0 N–H and O–H groups in total. The van der Waals surface area contributed by atoms with Crippen molar-refractivity contribution in [3.8, 4) is 22.3 Å². The van der Waals surface area contributed by atoms with Crippen LogP contribution in [0.2, 0.25) is 13.1 Å². The van der Waals surface area contributed by atoms with Crippen molar-refractivity contribution in [3.05, 3.63) is 132 Å². The van der Waals surface area contributed by atoms with Gasteiger partial charge < -0.3 is 24.8 Å². The summed E-state index contributed by atoms with van der Waals surface area (Å²) in [4.78, 5) is 0. The van der Waals surface area contributed by atoms with E-state index in [1.54, 1.807) is 0 Å². The molecule has 0 aliphatic rings. The molecule has 4 heteroatoms. The monoisotopic (exact) mass is 656 g/mol. The Kier molecular flexibility index (Phi) is 16.3. The van der Waals surface area contributed by atoms with E-state index in [9.17, 15) is 0 Å². The van der Waals surface area contributed by atoms with Crippen LogP contribution in [0, 0.1) is 0 Å². The van der Waals surface area contributed by atoms with E-state index in [1.807, 2.05) is 0 Å². The maximum absolute atomic E-state index is 2.32. The fourth-order valence-electron chi connectivity index (χ4n) is 4.74. The second kappa shape index (κ2) is 18.3. The molecule has 6 rings (SSSR count). The van der Waals surface area contributed by atoms with Gasteiger partial charge in [-0.05, 0) is 24.0 Å². The van der Waals surface area contributed by atoms with Crippen LogP contribution in [0.15, 0.2) is 121 Å². The second-order valence-corrected chi connectivity index (χ2v) is 10.3. The zero-order valence-electron chi connectivity index (χ0n) is 23.7. The van der Waals surface area contributed by atoms with Crippen molar-refractivity contribution in [2.75, 3.05) is 0 Å². The van der Waals surface area contributed by atoms with E-state index in [-0.39, 0.29) is 51.0 Å². The number of fused-ring (bicyclic) bond motifs is 2. The molecule has 0 amide bonds. The van der Waals surface area contributed by atoms with Gasteiger partial charge in [-0.15, -0.1) is 69.1 Å². The van der Waals surface area contributed by atoms with Gasteiger partial charge in [0.25, 0.3) is 0 Å². The maximum Gasteiger partial charge on any atom is 4.00 e. The Bertz CT molecular complexity index is 1420. The first-order chi connectivity index (χ1) is 18.2. The molecule has 0 aliphatic heterocycles. The van der Waals surface area contributed by atoms with Gasteiger partial charge in [0.2, 0.25) is 0 Å². The third-order valence-electron chi connectivity index (χ3n) is 6.61. The van der Waals surface area contributed by atoms with Crippen molar-refractivity contribution < 1.29 is 51.0 Å². The minimum Gasteiger partial charge on any atom is -1.00 e. The third kappa shape index (κ3) is 8.89. The van der Waals surface area contributed by atoms with Crippen LogP contribution in [0.1, 0.15) is 25.0 Å². The molecular formula is C36H36Cl2SiZr. The summed E-state index contributed by atoms with van der Waals surface area (Å²) in [6.07, 6.45) is 2.20. The van der Waals surface area contributed by atoms with Crippen molar-refractivity contribution in [2.24, 2.45) is 0 Å². The predicted molar refractivity (Wildman–Crippen MR) is 166 cm³/mol. The minimum atomic E-state index is 0. The molecule has 2 radical (unpaired) electrons. The summed E-state index contributed by atoms with van der Waals surface area (Å²) in [7, 11) is 1.08. The zero-order valence-corrected chi connectivity index (χ0v) is 28.7. The molecule has 0 heterocycles. The molecule has 0 aliphatic carbocycles. The standard InChI is InChI=1S/2C17H15.C2H6Si.2ClH.Zr/c2*1-2-13-11-15-9-6-10-16(17(15)12-13)14-7-4-3-5-8-14;1-3-2;;;/h2*3-12H,2H2,1H3;1-2H3;2*1H;/q2*-1;;;;+4/p-2. The van der Waals surface area contributed by atoms with E-state index < -0.39 is 0 Å². The summed E-state index contributed by atoms with van der Waals surface area (Å²) in [6, 6.07) is 43.5. The van der Waals surface area contributed by atoms with Crippen LogP contribution in [-0.2, 0) is 39.0 Å². The third-order valence-corrected chi connectivity index (χ3v) is 6.61. The number of aryl methyl sites for hydroxylation is 2. The molecule has 202 valence electrons. The van der Waals surface area contributed by atoms with E-state index in [0.29, 0.717) is 0 Å². The van der Waals surface area contributed by atoms with Crippen LogP contribution in [0.25, 0.3) is 43.8 Å². The number of hydrogen-bond acceptors (Lipinski definition) is 0. The molecule has 0 aromatic heterocycles. The van der Waals surface area contributed by atoms with Crippen molar-refractivity contribution in [2.45, 2.75) is 39.8 Å². The minimum absolute atomic E-state index is 0. The second-order valence-electron chi connectivity index (χ2n) is 9.28. The Balaban J connectivity index is 0.000000341. The topological polar surface area (TPSA) is 0 Å². The van der Waals surface area contributed by atoms with E-state index in [1.165, 1.54) is 54.9 Å². The van der Waals surface area contributed by atoms with Crippen LogP contribution in [-0.4, -0.2) is 9.52 Å². The molecule has 0 saturated heterocycles. The number of halogens is 2.